The number of hydrogen-bond acceptors (Lipinski definition) is 5. The van der Waals surface area contributed by atoms with Crippen LogP contribution in [-0.4, -0.2) is 57.8 Å². The first-order valence-electron chi connectivity index (χ1n) is 8.14. The van der Waals surface area contributed by atoms with Gasteiger partial charge in [-0.1, -0.05) is 17.7 Å². The molecule has 0 saturated carbocycles. The Kier molecular flexibility index (Phi) is 7.15. The molecule has 2 rings (SSSR count). The number of nitrogens with one attached hydrogen (secondary N) is 2. The van der Waals surface area contributed by atoms with Crippen LogP contribution in [0.3, 0.4) is 0 Å². The first-order valence-corrected chi connectivity index (χ1v) is 8.52. The molecule has 0 aromatic heterocycles. The lowest BCUT2D eigenvalue weighted by atomic mass is 10.0. The monoisotopic (exact) mass is 355 g/mol. The lowest BCUT2D eigenvalue weighted by Crippen LogP contribution is -2.45. The van der Waals surface area contributed by atoms with E-state index in [1.807, 2.05) is 12.1 Å². The van der Waals surface area contributed by atoms with Crippen LogP contribution in [0.2, 0.25) is 5.02 Å². The van der Waals surface area contributed by atoms with Crippen LogP contribution in [0.1, 0.15) is 18.4 Å². The summed E-state index contributed by atoms with van der Waals surface area (Å²) in [5, 5.41) is 6.80. The Morgan fingerprint density at radius 2 is 2.00 bits per heavy atom. The van der Waals surface area contributed by atoms with E-state index in [9.17, 15) is 4.79 Å². The van der Waals surface area contributed by atoms with E-state index in [4.69, 9.17) is 21.1 Å². The van der Waals surface area contributed by atoms with Crippen molar-refractivity contribution in [2.24, 2.45) is 0 Å². The fourth-order valence-electron chi connectivity index (χ4n) is 2.90. The molecule has 7 heteroatoms. The number of ether oxygens (including phenoxy) is 2. The molecule has 0 atom stereocenters. The van der Waals surface area contributed by atoms with Gasteiger partial charge in [-0.15, -0.1) is 0 Å². The van der Waals surface area contributed by atoms with Crippen molar-refractivity contribution in [3.63, 3.8) is 0 Å². The third-order valence-electron chi connectivity index (χ3n) is 4.38. The van der Waals surface area contributed by atoms with Crippen LogP contribution in [0.15, 0.2) is 12.1 Å². The zero-order chi connectivity index (χ0) is 17.5. The van der Waals surface area contributed by atoms with Crippen LogP contribution in [0.25, 0.3) is 0 Å². The van der Waals surface area contributed by atoms with Gasteiger partial charge in [-0.2, -0.15) is 0 Å². The summed E-state index contributed by atoms with van der Waals surface area (Å²) in [7, 11) is 4.85. The van der Waals surface area contributed by atoms with Crippen molar-refractivity contribution >= 4 is 17.5 Å². The van der Waals surface area contributed by atoms with Crippen LogP contribution >= 0.6 is 11.6 Å². The van der Waals surface area contributed by atoms with Gasteiger partial charge in [0, 0.05) is 32.7 Å². The number of likely N-dealkylation sites (tertiary alicyclic amines) is 1. The summed E-state index contributed by atoms with van der Waals surface area (Å²) in [6, 6.07) is 4.25. The standard InChI is InChI=1S/C17H26ClN3O3/c1-19-15(22)11-21-8-6-13(7-9-21)20-10-12-4-5-14(23-2)17(24-3)16(12)18/h4-5,13,20H,6-11H2,1-3H3,(H,19,22). The van der Waals surface area contributed by atoms with Crippen molar-refractivity contribution in [2.75, 3.05) is 40.9 Å². The van der Waals surface area contributed by atoms with E-state index in [0.717, 1.165) is 31.5 Å². The van der Waals surface area contributed by atoms with Crippen LogP contribution < -0.4 is 20.1 Å². The molecule has 0 bridgehead atoms. The third-order valence-corrected chi connectivity index (χ3v) is 4.79. The summed E-state index contributed by atoms with van der Waals surface area (Å²) in [6.45, 7) is 3.00. The minimum atomic E-state index is 0.0681. The van der Waals surface area contributed by atoms with Crippen molar-refractivity contribution in [2.45, 2.75) is 25.4 Å². The number of carbonyl (C=O) groups is 1. The number of hydrogen-bond donors (Lipinski definition) is 2. The molecule has 1 aliphatic rings. The van der Waals surface area contributed by atoms with Crippen molar-refractivity contribution < 1.29 is 14.3 Å². The number of carbonyl (C=O) groups excluding carboxylic acids is 1. The van der Waals surface area contributed by atoms with Gasteiger partial charge in [0.05, 0.1) is 25.8 Å². The van der Waals surface area contributed by atoms with Gasteiger partial charge in [-0.25, -0.2) is 0 Å². The van der Waals surface area contributed by atoms with E-state index < -0.39 is 0 Å². The number of likely N-dealkylation sites (N-methyl/N-ethyl adjacent to an activating group) is 1. The Balaban J connectivity index is 1.86. The highest BCUT2D eigenvalue weighted by atomic mass is 35.5. The van der Waals surface area contributed by atoms with Gasteiger partial charge < -0.3 is 20.1 Å². The molecule has 1 fully saturated rings. The molecule has 0 aliphatic carbocycles. The minimum absolute atomic E-state index is 0.0681. The molecular weight excluding hydrogens is 330 g/mol. The van der Waals surface area contributed by atoms with Gasteiger partial charge in [0.15, 0.2) is 11.5 Å². The zero-order valence-corrected chi connectivity index (χ0v) is 15.3. The average Bonchev–Trinajstić information content (AvgIpc) is 2.61. The highest BCUT2D eigenvalue weighted by Crippen LogP contribution is 2.37. The van der Waals surface area contributed by atoms with Crippen LogP contribution in [0.4, 0.5) is 0 Å². The smallest absolute Gasteiger partial charge is 0.233 e. The predicted molar refractivity (Wildman–Crippen MR) is 94.9 cm³/mol. The molecule has 24 heavy (non-hydrogen) atoms. The lowest BCUT2D eigenvalue weighted by Gasteiger charge is -2.32. The number of methoxy groups -OCH3 is 2. The SMILES string of the molecule is CNC(=O)CN1CCC(NCc2ccc(OC)c(OC)c2Cl)CC1. The van der Waals surface area contributed by atoms with E-state index in [-0.39, 0.29) is 5.91 Å². The predicted octanol–water partition coefficient (Wildman–Crippen LogP) is 1.66. The molecule has 1 heterocycles. The van der Waals surface area contributed by atoms with E-state index in [2.05, 4.69) is 15.5 Å². The largest absolute Gasteiger partial charge is 0.493 e. The number of amides is 1. The topological polar surface area (TPSA) is 62.8 Å². The van der Waals surface area contributed by atoms with Gasteiger partial charge in [-0.3, -0.25) is 9.69 Å². The van der Waals surface area contributed by atoms with E-state index in [1.54, 1.807) is 21.3 Å². The van der Waals surface area contributed by atoms with Crippen molar-refractivity contribution in [3.8, 4) is 11.5 Å². The Bertz CT molecular complexity index is 560. The highest BCUT2D eigenvalue weighted by Gasteiger charge is 2.21. The summed E-state index contributed by atoms with van der Waals surface area (Å²) in [5.74, 6) is 1.27. The molecule has 2 N–H and O–H groups in total. The number of halogens is 1. The number of nitrogens with zero attached hydrogens (tertiary/aromatic N) is 1. The van der Waals surface area contributed by atoms with Crippen LogP contribution in [-0.2, 0) is 11.3 Å². The van der Waals surface area contributed by atoms with Crippen molar-refractivity contribution in [1.29, 1.82) is 0 Å². The molecule has 0 radical (unpaired) electrons. The molecule has 1 amide bonds. The summed E-state index contributed by atoms with van der Waals surface area (Å²) in [4.78, 5) is 13.6. The van der Waals surface area contributed by atoms with E-state index in [1.165, 1.54) is 0 Å². The fraction of sp³-hybridized carbons (Fsp3) is 0.588. The summed E-state index contributed by atoms with van der Waals surface area (Å²) in [6.07, 6.45) is 2.03. The molecule has 134 valence electrons. The molecule has 6 nitrogen and oxygen atoms in total. The Morgan fingerprint density at radius 1 is 1.29 bits per heavy atom. The first-order chi connectivity index (χ1) is 11.6. The maximum Gasteiger partial charge on any atom is 0.233 e. The first kappa shape index (κ1) is 18.8. The maximum atomic E-state index is 11.4. The average molecular weight is 356 g/mol. The van der Waals surface area contributed by atoms with Gasteiger partial charge >= 0.3 is 0 Å². The fourth-order valence-corrected chi connectivity index (χ4v) is 3.20. The van der Waals surface area contributed by atoms with Crippen molar-refractivity contribution in [1.82, 2.24) is 15.5 Å². The number of rotatable bonds is 7. The second-order valence-corrected chi connectivity index (χ2v) is 6.26. The molecule has 1 saturated heterocycles. The third kappa shape index (κ3) is 4.75. The highest BCUT2D eigenvalue weighted by molar-refractivity contribution is 6.33. The second-order valence-electron chi connectivity index (χ2n) is 5.88. The van der Waals surface area contributed by atoms with Crippen molar-refractivity contribution in [3.05, 3.63) is 22.7 Å². The van der Waals surface area contributed by atoms with Gasteiger partial charge in [0.25, 0.3) is 0 Å². The maximum absolute atomic E-state index is 11.4. The van der Waals surface area contributed by atoms with E-state index in [0.29, 0.717) is 35.7 Å². The second kappa shape index (κ2) is 9.11. The van der Waals surface area contributed by atoms with E-state index >= 15 is 0 Å². The molecule has 0 spiro atoms. The van der Waals surface area contributed by atoms with Gasteiger partial charge in [0.1, 0.15) is 0 Å². The Hall–Kier alpha value is -1.50. The molecule has 1 aromatic rings. The Morgan fingerprint density at radius 3 is 2.58 bits per heavy atom. The van der Waals surface area contributed by atoms with Crippen LogP contribution in [0, 0.1) is 0 Å². The molecule has 1 aliphatic heterocycles. The minimum Gasteiger partial charge on any atom is -0.493 e. The Labute approximate surface area is 148 Å². The summed E-state index contributed by atoms with van der Waals surface area (Å²) < 4.78 is 10.6. The lowest BCUT2D eigenvalue weighted by molar-refractivity contribution is -0.122. The molecule has 0 unspecified atom stereocenters. The molecular formula is C17H26ClN3O3. The van der Waals surface area contributed by atoms with Gasteiger partial charge in [-0.05, 0) is 24.5 Å². The normalized spacial score (nSPS) is 16.0. The number of benzene rings is 1. The van der Waals surface area contributed by atoms with Crippen LogP contribution in [0.5, 0.6) is 11.5 Å². The summed E-state index contributed by atoms with van der Waals surface area (Å²) >= 11 is 6.41. The molecule has 1 aromatic carbocycles. The quantitative estimate of drug-likeness (QED) is 0.778. The zero-order valence-electron chi connectivity index (χ0n) is 14.5. The van der Waals surface area contributed by atoms with Gasteiger partial charge in [0.2, 0.25) is 5.91 Å². The number of piperidine rings is 1. The summed E-state index contributed by atoms with van der Waals surface area (Å²) in [5.41, 5.74) is 0.988.